The second-order valence-electron chi connectivity index (χ2n) is 6.94. The van der Waals surface area contributed by atoms with Gasteiger partial charge in [0.05, 0.1) is 0 Å². The summed E-state index contributed by atoms with van der Waals surface area (Å²) in [5, 5.41) is 27.2. The Morgan fingerprint density at radius 1 is 1.33 bits per heavy atom. The SMILES string of the molecule is NC1(CNS(=O)(=O)N2CC(CCCB(O)O)C(N)(C(=O)O)C2)CC1. The lowest BCUT2D eigenvalue weighted by atomic mass is 9.78. The summed E-state index contributed by atoms with van der Waals surface area (Å²) in [6.07, 6.45) is 2.19. The molecule has 8 N–H and O–H groups in total. The number of carbonyl (C=O) groups is 1. The van der Waals surface area contributed by atoms with E-state index in [4.69, 9.17) is 21.5 Å². The van der Waals surface area contributed by atoms with Crippen molar-refractivity contribution in [2.24, 2.45) is 17.4 Å². The molecule has 2 rings (SSSR count). The van der Waals surface area contributed by atoms with Crippen LogP contribution < -0.4 is 16.2 Å². The topological polar surface area (TPSA) is 179 Å². The van der Waals surface area contributed by atoms with Gasteiger partial charge in [-0.05, 0) is 25.6 Å². The highest BCUT2D eigenvalue weighted by Gasteiger charge is 2.52. The Balaban J connectivity index is 2.02. The number of hydrogen-bond acceptors (Lipinski definition) is 7. The van der Waals surface area contributed by atoms with Crippen molar-refractivity contribution in [1.29, 1.82) is 0 Å². The van der Waals surface area contributed by atoms with Gasteiger partial charge >= 0.3 is 13.1 Å². The molecule has 138 valence electrons. The van der Waals surface area contributed by atoms with E-state index in [2.05, 4.69) is 4.72 Å². The largest absolute Gasteiger partial charge is 0.480 e. The summed E-state index contributed by atoms with van der Waals surface area (Å²) in [5.41, 5.74) is 9.62. The fourth-order valence-corrected chi connectivity index (χ4v) is 4.29. The van der Waals surface area contributed by atoms with Crippen molar-refractivity contribution in [2.45, 2.75) is 43.1 Å². The molecule has 0 aromatic carbocycles. The molecule has 2 unspecified atom stereocenters. The van der Waals surface area contributed by atoms with Crippen molar-refractivity contribution in [3.05, 3.63) is 0 Å². The maximum atomic E-state index is 12.4. The highest BCUT2D eigenvalue weighted by atomic mass is 32.2. The van der Waals surface area contributed by atoms with Crippen molar-refractivity contribution >= 4 is 23.3 Å². The van der Waals surface area contributed by atoms with E-state index >= 15 is 0 Å². The monoisotopic (exact) mass is 364 g/mol. The van der Waals surface area contributed by atoms with Gasteiger partial charge in [-0.25, -0.2) is 4.72 Å². The summed E-state index contributed by atoms with van der Waals surface area (Å²) in [6, 6.07) is 0. The first-order valence-electron chi connectivity index (χ1n) is 7.91. The Hall–Kier alpha value is -0.755. The lowest BCUT2D eigenvalue weighted by molar-refractivity contribution is -0.144. The van der Waals surface area contributed by atoms with Gasteiger partial charge in [0.1, 0.15) is 5.54 Å². The second kappa shape index (κ2) is 6.86. The molecule has 0 spiro atoms. The molecule has 1 aliphatic heterocycles. The Bertz CT molecular complexity index is 584. The number of nitrogens with two attached hydrogens (primary N) is 2. The average Bonchev–Trinajstić information content (AvgIpc) is 3.10. The molecule has 0 radical (unpaired) electrons. The van der Waals surface area contributed by atoms with Crippen molar-refractivity contribution in [1.82, 2.24) is 9.03 Å². The molecule has 1 saturated carbocycles. The molecule has 0 aromatic heterocycles. The molecule has 0 aromatic rings. The summed E-state index contributed by atoms with van der Waals surface area (Å²) in [7, 11) is -5.35. The van der Waals surface area contributed by atoms with Gasteiger partial charge in [-0.2, -0.15) is 12.7 Å². The summed E-state index contributed by atoms with van der Waals surface area (Å²) < 4.78 is 28.2. The van der Waals surface area contributed by atoms with E-state index in [1.165, 1.54) is 0 Å². The molecule has 0 amide bonds. The van der Waals surface area contributed by atoms with Gasteiger partial charge in [0.15, 0.2) is 0 Å². The Kier molecular flexibility index (Phi) is 5.60. The molecule has 24 heavy (non-hydrogen) atoms. The van der Waals surface area contributed by atoms with E-state index in [1.807, 2.05) is 0 Å². The molecular formula is C12H25BN4O6S. The maximum absolute atomic E-state index is 12.4. The third kappa shape index (κ3) is 4.45. The van der Waals surface area contributed by atoms with Crippen LogP contribution in [-0.2, 0) is 15.0 Å². The molecule has 0 bridgehead atoms. The quantitative estimate of drug-likeness (QED) is 0.239. The summed E-state index contributed by atoms with van der Waals surface area (Å²) in [4.78, 5) is 11.5. The van der Waals surface area contributed by atoms with Crippen LogP contribution in [-0.4, -0.2) is 71.7 Å². The van der Waals surface area contributed by atoms with Crippen LogP contribution in [0.1, 0.15) is 25.7 Å². The number of nitrogens with one attached hydrogen (secondary N) is 1. The van der Waals surface area contributed by atoms with Gasteiger partial charge in [-0.1, -0.05) is 6.42 Å². The number of aliphatic carboxylic acids is 1. The fourth-order valence-electron chi connectivity index (χ4n) is 2.88. The lowest BCUT2D eigenvalue weighted by Crippen LogP contribution is -2.55. The zero-order chi connectivity index (χ0) is 18.2. The highest BCUT2D eigenvalue weighted by molar-refractivity contribution is 7.87. The van der Waals surface area contributed by atoms with Gasteiger partial charge in [0, 0.05) is 31.1 Å². The summed E-state index contributed by atoms with van der Waals surface area (Å²) in [6.45, 7) is -0.253. The third-order valence-electron chi connectivity index (χ3n) is 4.84. The van der Waals surface area contributed by atoms with Gasteiger partial charge in [-0.3, -0.25) is 4.79 Å². The Labute approximate surface area is 141 Å². The molecule has 1 aliphatic carbocycles. The van der Waals surface area contributed by atoms with Crippen LogP contribution >= 0.6 is 0 Å². The van der Waals surface area contributed by atoms with E-state index in [0.717, 1.165) is 17.1 Å². The van der Waals surface area contributed by atoms with Crippen molar-refractivity contribution in [2.75, 3.05) is 19.6 Å². The zero-order valence-electron chi connectivity index (χ0n) is 13.4. The van der Waals surface area contributed by atoms with Gasteiger partial charge < -0.3 is 26.6 Å². The summed E-state index contributed by atoms with van der Waals surface area (Å²) in [5.74, 6) is -1.88. The fraction of sp³-hybridized carbons (Fsp3) is 0.917. The van der Waals surface area contributed by atoms with Crippen LogP contribution in [0.15, 0.2) is 0 Å². The summed E-state index contributed by atoms with van der Waals surface area (Å²) >= 11 is 0. The molecule has 10 nitrogen and oxygen atoms in total. The number of rotatable bonds is 9. The van der Waals surface area contributed by atoms with Crippen molar-refractivity contribution in [3.8, 4) is 0 Å². The average molecular weight is 364 g/mol. The normalized spacial score (nSPS) is 29.6. The molecule has 1 saturated heterocycles. The van der Waals surface area contributed by atoms with Crippen molar-refractivity contribution < 1.29 is 28.4 Å². The molecule has 12 heteroatoms. The van der Waals surface area contributed by atoms with Crippen LogP contribution in [0.25, 0.3) is 0 Å². The van der Waals surface area contributed by atoms with E-state index in [9.17, 15) is 18.3 Å². The number of carboxylic acids is 1. The minimum atomic E-state index is -3.87. The molecular weight excluding hydrogens is 339 g/mol. The molecule has 1 heterocycles. The third-order valence-corrected chi connectivity index (χ3v) is 6.31. The van der Waals surface area contributed by atoms with Gasteiger partial charge in [0.2, 0.25) is 0 Å². The van der Waals surface area contributed by atoms with E-state index in [1.54, 1.807) is 0 Å². The van der Waals surface area contributed by atoms with E-state index in [-0.39, 0.29) is 32.4 Å². The molecule has 2 aliphatic rings. The maximum Gasteiger partial charge on any atom is 0.451 e. The van der Waals surface area contributed by atoms with Gasteiger partial charge in [0.25, 0.3) is 10.2 Å². The van der Waals surface area contributed by atoms with Crippen LogP contribution in [0.5, 0.6) is 0 Å². The first-order chi connectivity index (χ1) is 11.0. The number of carboxylic acid groups (broad SMARTS) is 1. The molecule has 2 fully saturated rings. The first-order valence-corrected chi connectivity index (χ1v) is 9.35. The number of nitrogens with zero attached hydrogens (tertiary/aromatic N) is 1. The standard InChI is InChI=1S/C12H25BN4O6S/c14-11(3-4-11)7-16-24(22,23)17-6-9(2-1-5-13(20)21)12(15,8-17)10(18)19/h9,16,20-21H,1-8,14-15H2,(H,18,19). The van der Waals surface area contributed by atoms with Gasteiger partial charge in [-0.15, -0.1) is 0 Å². The lowest BCUT2D eigenvalue weighted by Gasteiger charge is -2.25. The number of hydrogen-bond donors (Lipinski definition) is 6. The predicted molar refractivity (Wildman–Crippen MR) is 86.9 cm³/mol. The predicted octanol–water partition coefficient (Wildman–Crippen LogP) is -2.72. The molecule has 2 atom stereocenters. The Morgan fingerprint density at radius 3 is 2.46 bits per heavy atom. The Morgan fingerprint density at radius 2 is 1.96 bits per heavy atom. The van der Waals surface area contributed by atoms with E-state index in [0.29, 0.717) is 6.42 Å². The second-order valence-corrected chi connectivity index (χ2v) is 8.69. The van der Waals surface area contributed by atoms with Crippen LogP contribution in [0, 0.1) is 5.92 Å². The van der Waals surface area contributed by atoms with Crippen LogP contribution in [0.3, 0.4) is 0 Å². The highest BCUT2D eigenvalue weighted by Crippen LogP contribution is 2.33. The minimum absolute atomic E-state index is 0.0305. The minimum Gasteiger partial charge on any atom is -0.480 e. The van der Waals surface area contributed by atoms with Crippen LogP contribution in [0.2, 0.25) is 6.32 Å². The van der Waals surface area contributed by atoms with Crippen molar-refractivity contribution in [3.63, 3.8) is 0 Å². The smallest absolute Gasteiger partial charge is 0.451 e. The first kappa shape index (κ1) is 19.6. The van der Waals surface area contributed by atoms with Crippen LogP contribution in [0.4, 0.5) is 0 Å². The zero-order valence-corrected chi connectivity index (χ0v) is 14.2. The van der Waals surface area contributed by atoms with E-state index < -0.39 is 40.3 Å².